The number of amides is 1. The molecule has 42 heavy (non-hydrogen) atoms. The standard InChI is InChI=1S/C28H25ClF4N2O6S/c1-16-9-22(42(38,39)34-14-21-3-2-8-40-21)5-6-24(16)35-26(36)15-41-25-7-4-19(29)13-23(25)27(37)17-10-18(28(31,32)33)12-20(30)11-17/h4-7,9-13,21,34H,2-3,8,14-15H2,1H3,(H,35,36). The predicted molar refractivity (Wildman–Crippen MR) is 146 cm³/mol. The monoisotopic (exact) mass is 628 g/mol. The van der Waals surface area contributed by atoms with Crippen molar-refractivity contribution < 1.29 is 45.0 Å². The summed E-state index contributed by atoms with van der Waals surface area (Å²) in [4.78, 5) is 25.7. The number of halogens is 5. The molecule has 1 unspecified atom stereocenters. The number of carbonyl (C=O) groups excluding carboxylic acids is 2. The van der Waals surface area contributed by atoms with Gasteiger partial charge in [-0.3, -0.25) is 9.59 Å². The number of hydrogen-bond donors (Lipinski definition) is 2. The molecular weight excluding hydrogens is 604 g/mol. The van der Waals surface area contributed by atoms with E-state index in [-0.39, 0.29) is 39.9 Å². The second-order valence-electron chi connectivity index (χ2n) is 9.50. The highest BCUT2D eigenvalue weighted by molar-refractivity contribution is 7.89. The van der Waals surface area contributed by atoms with E-state index < -0.39 is 51.4 Å². The summed E-state index contributed by atoms with van der Waals surface area (Å²) in [6, 6.07) is 9.27. The Balaban J connectivity index is 1.44. The third-order valence-electron chi connectivity index (χ3n) is 6.34. The SMILES string of the molecule is Cc1cc(S(=O)(=O)NCC2CCCO2)ccc1NC(=O)COc1ccc(Cl)cc1C(=O)c1cc(F)cc(C(F)(F)F)c1. The topological polar surface area (TPSA) is 111 Å². The molecule has 1 aliphatic rings. The Morgan fingerprint density at radius 2 is 1.86 bits per heavy atom. The first-order chi connectivity index (χ1) is 19.7. The molecule has 0 saturated carbocycles. The van der Waals surface area contributed by atoms with Crippen molar-refractivity contribution in [2.24, 2.45) is 0 Å². The summed E-state index contributed by atoms with van der Waals surface area (Å²) in [7, 11) is -3.81. The zero-order valence-electron chi connectivity index (χ0n) is 22.1. The average Bonchev–Trinajstić information content (AvgIpc) is 3.45. The van der Waals surface area contributed by atoms with Gasteiger partial charge in [0.15, 0.2) is 12.4 Å². The van der Waals surface area contributed by atoms with Gasteiger partial charge in [0.25, 0.3) is 5.91 Å². The number of nitrogens with one attached hydrogen (secondary N) is 2. The van der Waals surface area contributed by atoms with E-state index >= 15 is 0 Å². The maximum absolute atomic E-state index is 13.9. The molecule has 4 rings (SSSR count). The van der Waals surface area contributed by atoms with Crippen molar-refractivity contribution in [1.82, 2.24) is 4.72 Å². The normalized spacial score (nSPS) is 15.4. The lowest BCUT2D eigenvalue weighted by atomic mass is 10.00. The zero-order chi connectivity index (χ0) is 30.7. The summed E-state index contributed by atoms with van der Waals surface area (Å²) in [5.74, 6) is -3.11. The number of rotatable bonds is 10. The molecular formula is C28H25ClF4N2O6S. The van der Waals surface area contributed by atoms with Crippen molar-refractivity contribution in [3.8, 4) is 5.75 Å². The van der Waals surface area contributed by atoms with Gasteiger partial charge in [-0.1, -0.05) is 11.6 Å². The quantitative estimate of drug-likeness (QED) is 0.226. The maximum atomic E-state index is 13.9. The number of anilines is 1. The lowest BCUT2D eigenvalue weighted by Gasteiger charge is -2.15. The van der Waals surface area contributed by atoms with E-state index in [4.69, 9.17) is 21.1 Å². The average molecular weight is 629 g/mol. The highest BCUT2D eigenvalue weighted by Gasteiger charge is 2.32. The van der Waals surface area contributed by atoms with Gasteiger partial charge in [0.2, 0.25) is 10.0 Å². The molecule has 14 heteroatoms. The van der Waals surface area contributed by atoms with E-state index in [1.54, 1.807) is 6.92 Å². The second-order valence-corrected chi connectivity index (χ2v) is 11.7. The molecule has 3 aromatic carbocycles. The van der Waals surface area contributed by atoms with Crippen LogP contribution in [0.3, 0.4) is 0 Å². The smallest absolute Gasteiger partial charge is 0.416 e. The van der Waals surface area contributed by atoms with Crippen molar-refractivity contribution in [1.29, 1.82) is 0 Å². The van der Waals surface area contributed by atoms with E-state index in [0.29, 0.717) is 30.0 Å². The third kappa shape index (κ3) is 7.85. The van der Waals surface area contributed by atoms with Crippen LogP contribution in [0.1, 0.15) is 39.9 Å². The zero-order valence-corrected chi connectivity index (χ0v) is 23.6. The van der Waals surface area contributed by atoms with E-state index in [1.165, 1.54) is 30.3 Å². The van der Waals surface area contributed by atoms with Gasteiger partial charge >= 0.3 is 6.18 Å². The predicted octanol–water partition coefficient (Wildman–Crippen LogP) is 5.51. The summed E-state index contributed by atoms with van der Waals surface area (Å²) < 4.78 is 92.0. The minimum atomic E-state index is -4.88. The van der Waals surface area contributed by atoms with Crippen LogP contribution in [-0.2, 0) is 25.7 Å². The van der Waals surface area contributed by atoms with E-state index in [0.717, 1.165) is 18.9 Å². The molecule has 1 fully saturated rings. The van der Waals surface area contributed by atoms with E-state index in [2.05, 4.69) is 10.0 Å². The summed E-state index contributed by atoms with van der Waals surface area (Å²) in [6.45, 7) is 1.71. The van der Waals surface area contributed by atoms with Gasteiger partial charge in [-0.25, -0.2) is 17.5 Å². The van der Waals surface area contributed by atoms with Gasteiger partial charge in [-0.15, -0.1) is 0 Å². The molecule has 224 valence electrons. The van der Waals surface area contributed by atoms with Crippen LogP contribution < -0.4 is 14.8 Å². The van der Waals surface area contributed by atoms with Crippen LogP contribution in [0.5, 0.6) is 5.75 Å². The van der Waals surface area contributed by atoms with Gasteiger partial charge < -0.3 is 14.8 Å². The molecule has 0 radical (unpaired) electrons. The van der Waals surface area contributed by atoms with Gasteiger partial charge in [0.1, 0.15) is 11.6 Å². The Bertz CT molecular complexity index is 1610. The number of ether oxygens (including phenoxy) is 2. The number of sulfonamides is 1. The Morgan fingerprint density at radius 1 is 1.10 bits per heavy atom. The molecule has 1 heterocycles. The van der Waals surface area contributed by atoms with E-state index in [1.807, 2.05) is 0 Å². The fourth-order valence-electron chi connectivity index (χ4n) is 4.21. The number of aryl methyl sites for hydroxylation is 1. The van der Waals surface area contributed by atoms with E-state index in [9.17, 15) is 35.6 Å². The fraction of sp³-hybridized carbons (Fsp3) is 0.286. The van der Waals surface area contributed by atoms with Crippen molar-refractivity contribution in [2.45, 2.75) is 36.9 Å². The number of hydrogen-bond acceptors (Lipinski definition) is 6. The Hall–Kier alpha value is -3.52. The minimum Gasteiger partial charge on any atom is -0.483 e. The molecule has 0 bridgehead atoms. The molecule has 0 aliphatic carbocycles. The van der Waals surface area contributed by atoms with Gasteiger partial charge in [-0.2, -0.15) is 13.2 Å². The molecule has 0 spiro atoms. The maximum Gasteiger partial charge on any atom is 0.416 e. The summed E-state index contributed by atoms with van der Waals surface area (Å²) in [5, 5.41) is 2.63. The van der Waals surface area contributed by atoms with Crippen molar-refractivity contribution in [3.63, 3.8) is 0 Å². The number of benzene rings is 3. The lowest BCUT2D eigenvalue weighted by Crippen LogP contribution is -2.31. The van der Waals surface area contributed by atoms with Gasteiger partial charge in [-0.05, 0) is 79.9 Å². The molecule has 1 aliphatic heterocycles. The second kappa shape index (κ2) is 12.8. The first-order valence-electron chi connectivity index (χ1n) is 12.6. The van der Waals surface area contributed by atoms with Gasteiger partial charge in [0, 0.05) is 29.4 Å². The molecule has 0 aromatic heterocycles. The van der Waals surface area contributed by atoms with Crippen LogP contribution in [0.25, 0.3) is 0 Å². The van der Waals surface area contributed by atoms with Crippen LogP contribution in [0.15, 0.2) is 59.5 Å². The lowest BCUT2D eigenvalue weighted by molar-refractivity contribution is -0.137. The largest absolute Gasteiger partial charge is 0.483 e. The summed E-state index contributed by atoms with van der Waals surface area (Å²) in [5.41, 5.74) is -1.47. The van der Waals surface area contributed by atoms with Crippen LogP contribution in [-0.4, -0.2) is 46.0 Å². The summed E-state index contributed by atoms with van der Waals surface area (Å²) in [6.07, 6.45) is -3.43. The van der Waals surface area contributed by atoms with Crippen LogP contribution >= 0.6 is 11.6 Å². The van der Waals surface area contributed by atoms with Gasteiger partial charge in [0.05, 0.1) is 22.1 Å². The highest BCUT2D eigenvalue weighted by Crippen LogP contribution is 2.32. The number of carbonyl (C=O) groups is 2. The molecule has 1 amide bonds. The Morgan fingerprint density at radius 3 is 2.52 bits per heavy atom. The first kappa shape index (κ1) is 31.4. The molecule has 8 nitrogen and oxygen atoms in total. The summed E-state index contributed by atoms with van der Waals surface area (Å²) >= 11 is 5.97. The number of ketones is 1. The first-order valence-corrected chi connectivity index (χ1v) is 14.5. The Labute approximate surface area is 244 Å². The Kier molecular flexibility index (Phi) is 9.56. The molecule has 2 N–H and O–H groups in total. The fourth-order valence-corrected chi connectivity index (χ4v) is 5.53. The minimum absolute atomic E-state index is 0.00240. The molecule has 1 atom stereocenters. The molecule has 3 aromatic rings. The van der Waals surface area contributed by atoms with Crippen molar-refractivity contribution >= 4 is 39.0 Å². The highest BCUT2D eigenvalue weighted by atomic mass is 35.5. The van der Waals surface area contributed by atoms with Crippen molar-refractivity contribution in [3.05, 3.63) is 87.7 Å². The third-order valence-corrected chi connectivity index (χ3v) is 8.00. The van der Waals surface area contributed by atoms with Crippen LogP contribution in [0.2, 0.25) is 5.02 Å². The molecule has 1 saturated heterocycles. The van der Waals surface area contributed by atoms with Crippen molar-refractivity contribution in [2.75, 3.05) is 25.1 Å². The number of alkyl halides is 3. The van der Waals surface area contributed by atoms with Crippen LogP contribution in [0, 0.1) is 12.7 Å². The van der Waals surface area contributed by atoms with Crippen LogP contribution in [0.4, 0.5) is 23.2 Å².